The minimum absolute atomic E-state index is 0.159. The fourth-order valence-corrected chi connectivity index (χ4v) is 1.39. The van der Waals surface area contributed by atoms with Gasteiger partial charge in [-0.25, -0.2) is 13.1 Å². The van der Waals surface area contributed by atoms with Crippen molar-refractivity contribution in [2.24, 2.45) is 0 Å². The predicted octanol–water partition coefficient (Wildman–Crippen LogP) is -0.922. The minimum atomic E-state index is -3.11. The third-order valence-electron chi connectivity index (χ3n) is 1.47. The van der Waals surface area contributed by atoms with Crippen molar-refractivity contribution in [3.8, 4) is 0 Å². The zero-order valence-electron chi connectivity index (χ0n) is 9.08. The maximum Gasteiger partial charge on any atom is 0.319 e. The molecule has 0 aliphatic carbocycles. The Kier molecular flexibility index (Phi) is 7.27. The Morgan fingerprint density at radius 3 is 2.53 bits per heavy atom. The zero-order chi connectivity index (χ0) is 11.7. The molecule has 0 saturated carbocycles. The van der Waals surface area contributed by atoms with E-state index < -0.39 is 10.0 Å². The van der Waals surface area contributed by atoms with Crippen LogP contribution < -0.4 is 10.0 Å². The van der Waals surface area contributed by atoms with E-state index in [2.05, 4.69) is 14.8 Å². The molecule has 0 heterocycles. The van der Waals surface area contributed by atoms with Gasteiger partial charge < -0.3 is 10.1 Å². The van der Waals surface area contributed by atoms with Crippen molar-refractivity contribution < 1.29 is 17.9 Å². The summed E-state index contributed by atoms with van der Waals surface area (Å²) in [4.78, 5) is 10.8. The smallest absolute Gasteiger partial charge is 0.319 e. The maximum atomic E-state index is 10.8. The van der Waals surface area contributed by atoms with Crippen molar-refractivity contribution in [1.29, 1.82) is 0 Å². The first-order valence-electron chi connectivity index (χ1n) is 4.76. The summed E-state index contributed by atoms with van der Waals surface area (Å²) in [5.41, 5.74) is 0. The van der Waals surface area contributed by atoms with Crippen molar-refractivity contribution >= 4 is 16.0 Å². The highest BCUT2D eigenvalue weighted by Gasteiger charge is 2.01. The molecule has 90 valence electrons. The summed E-state index contributed by atoms with van der Waals surface area (Å²) >= 11 is 0. The normalized spacial score (nSPS) is 11.3. The molecule has 6 nitrogen and oxygen atoms in total. The molecule has 0 unspecified atom stereocenters. The number of hydrogen-bond acceptors (Lipinski definition) is 5. The molecule has 0 saturated heterocycles. The van der Waals surface area contributed by atoms with Gasteiger partial charge in [-0.05, 0) is 19.9 Å². The van der Waals surface area contributed by atoms with E-state index in [0.29, 0.717) is 26.1 Å². The van der Waals surface area contributed by atoms with E-state index in [0.717, 1.165) is 6.26 Å². The summed E-state index contributed by atoms with van der Waals surface area (Å²) in [7, 11) is -3.11. The van der Waals surface area contributed by atoms with Crippen LogP contribution in [0.25, 0.3) is 0 Å². The topological polar surface area (TPSA) is 84.5 Å². The fraction of sp³-hybridized carbons (Fsp3) is 0.875. The van der Waals surface area contributed by atoms with Gasteiger partial charge in [-0.2, -0.15) is 0 Å². The summed E-state index contributed by atoms with van der Waals surface area (Å²) in [6, 6.07) is 0. The highest BCUT2D eigenvalue weighted by atomic mass is 32.2. The molecule has 0 fully saturated rings. The summed E-state index contributed by atoms with van der Waals surface area (Å²) in [6.45, 7) is 3.22. The van der Waals surface area contributed by atoms with E-state index in [1.807, 2.05) is 0 Å². The molecule has 0 aromatic carbocycles. The third kappa shape index (κ3) is 11.3. The molecule has 0 amide bonds. The van der Waals surface area contributed by atoms with Gasteiger partial charge in [-0.3, -0.25) is 4.79 Å². The number of nitrogens with one attached hydrogen (secondary N) is 2. The monoisotopic (exact) mass is 238 g/mol. The molecular weight excluding hydrogens is 220 g/mol. The fourth-order valence-electron chi connectivity index (χ4n) is 0.873. The lowest BCUT2D eigenvalue weighted by Gasteiger charge is -2.04. The molecule has 0 spiro atoms. The van der Waals surface area contributed by atoms with Gasteiger partial charge >= 0.3 is 5.97 Å². The molecule has 0 atom stereocenters. The Balaban J connectivity index is 3.29. The molecule has 0 aromatic rings. The van der Waals surface area contributed by atoms with Crippen LogP contribution >= 0.6 is 0 Å². The highest BCUT2D eigenvalue weighted by molar-refractivity contribution is 7.88. The van der Waals surface area contributed by atoms with Gasteiger partial charge in [0.25, 0.3) is 0 Å². The Hall–Kier alpha value is -0.660. The van der Waals surface area contributed by atoms with E-state index in [1.165, 1.54) is 0 Å². The van der Waals surface area contributed by atoms with Gasteiger partial charge in [0.1, 0.15) is 0 Å². The number of rotatable bonds is 8. The second kappa shape index (κ2) is 7.61. The van der Waals surface area contributed by atoms with Crippen molar-refractivity contribution in [2.45, 2.75) is 13.3 Å². The predicted molar refractivity (Wildman–Crippen MR) is 57.0 cm³/mol. The molecule has 0 aromatic heterocycles. The van der Waals surface area contributed by atoms with Gasteiger partial charge in [0.15, 0.2) is 0 Å². The number of sulfonamides is 1. The van der Waals surface area contributed by atoms with Gasteiger partial charge in [-0.15, -0.1) is 0 Å². The summed E-state index contributed by atoms with van der Waals surface area (Å²) in [5.74, 6) is -0.298. The summed E-state index contributed by atoms with van der Waals surface area (Å²) < 4.78 is 28.3. The SMILES string of the molecule is CCOC(=O)CNCCCNS(C)(=O)=O. The lowest BCUT2D eigenvalue weighted by Crippen LogP contribution is -2.29. The summed E-state index contributed by atoms with van der Waals surface area (Å²) in [5, 5.41) is 2.85. The second-order valence-corrected chi connectivity index (χ2v) is 4.83. The summed E-state index contributed by atoms with van der Waals surface area (Å²) in [6.07, 6.45) is 1.74. The lowest BCUT2D eigenvalue weighted by molar-refractivity contribution is -0.141. The molecule has 15 heavy (non-hydrogen) atoms. The van der Waals surface area contributed by atoms with E-state index in [4.69, 9.17) is 0 Å². The van der Waals surface area contributed by atoms with Crippen LogP contribution in [-0.2, 0) is 19.6 Å². The van der Waals surface area contributed by atoms with Crippen LogP contribution in [0.2, 0.25) is 0 Å². The standard InChI is InChI=1S/C8H18N2O4S/c1-3-14-8(11)7-9-5-4-6-10-15(2,12)13/h9-10H,3-7H2,1-2H3. The van der Waals surface area contributed by atoms with Crippen LogP contribution in [0.5, 0.6) is 0 Å². The maximum absolute atomic E-state index is 10.8. The molecule has 2 N–H and O–H groups in total. The van der Waals surface area contributed by atoms with Gasteiger partial charge in [-0.1, -0.05) is 0 Å². The van der Waals surface area contributed by atoms with Crippen LogP contribution in [0.15, 0.2) is 0 Å². The largest absolute Gasteiger partial charge is 0.465 e. The van der Waals surface area contributed by atoms with Crippen LogP contribution in [0.1, 0.15) is 13.3 Å². The Morgan fingerprint density at radius 2 is 2.00 bits per heavy atom. The van der Waals surface area contributed by atoms with Crippen molar-refractivity contribution in [3.63, 3.8) is 0 Å². The molecule has 0 aliphatic rings. The first-order valence-corrected chi connectivity index (χ1v) is 6.66. The van der Waals surface area contributed by atoms with Crippen molar-refractivity contribution in [1.82, 2.24) is 10.0 Å². The second-order valence-electron chi connectivity index (χ2n) is 3.00. The first kappa shape index (κ1) is 14.3. The van der Waals surface area contributed by atoms with Gasteiger partial charge in [0.2, 0.25) is 10.0 Å². The number of esters is 1. The van der Waals surface area contributed by atoms with E-state index in [1.54, 1.807) is 6.92 Å². The van der Waals surface area contributed by atoms with E-state index in [-0.39, 0.29) is 12.5 Å². The Morgan fingerprint density at radius 1 is 1.33 bits per heavy atom. The van der Waals surface area contributed by atoms with Crippen LogP contribution in [-0.4, -0.2) is 46.9 Å². The van der Waals surface area contributed by atoms with Crippen LogP contribution in [0.4, 0.5) is 0 Å². The van der Waals surface area contributed by atoms with Crippen molar-refractivity contribution in [2.75, 3.05) is 32.5 Å². The molecule has 0 radical (unpaired) electrons. The van der Waals surface area contributed by atoms with Crippen molar-refractivity contribution in [3.05, 3.63) is 0 Å². The van der Waals surface area contributed by atoms with Crippen LogP contribution in [0, 0.1) is 0 Å². The van der Waals surface area contributed by atoms with Gasteiger partial charge in [0.05, 0.1) is 19.4 Å². The molecule has 0 rings (SSSR count). The number of hydrogen-bond donors (Lipinski definition) is 2. The van der Waals surface area contributed by atoms with Crippen LogP contribution in [0.3, 0.4) is 0 Å². The molecule has 0 aliphatic heterocycles. The quantitative estimate of drug-likeness (QED) is 0.422. The Bertz CT molecular complexity index is 276. The minimum Gasteiger partial charge on any atom is -0.465 e. The Labute approximate surface area is 90.4 Å². The zero-order valence-corrected chi connectivity index (χ0v) is 9.89. The molecular formula is C8H18N2O4S. The average molecular weight is 238 g/mol. The molecule has 0 bridgehead atoms. The number of carbonyl (C=O) groups is 1. The number of ether oxygens (including phenoxy) is 1. The third-order valence-corrected chi connectivity index (χ3v) is 2.20. The number of carbonyl (C=O) groups excluding carboxylic acids is 1. The van der Waals surface area contributed by atoms with Gasteiger partial charge in [0, 0.05) is 6.54 Å². The average Bonchev–Trinajstić information content (AvgIpc) is 2.09. The van der Waals surface area contributed by atoms with E-state index in [9.17, 15) is 13.2 Å². The molecule has 7 heteroatoms. The lowest BCUT2D eigenvalue weighted by atomic mass is 10.4. The highest BCUT2D eigenvalue weighted by Crippen LogP contribution is 1.79. The van der Waals surface area contributed by atoms with E-state index >= 15 is 0 Å². The first-order chi connectivity index (χ1) is 6.95.